The number of fused-ring (bicyclic) bond motifs is 1. The van der Waals surface area contributed by atoms with E-state index in [9.17, 15) is 14.9 Å². The second kappa shape index (κ2) is 9.46. The van der Waals surface area contributed by atoms with Gasteiger partial charge < -0.3 is 9.64 Å². The lowest BCUT2D eigenvalue weighted by Crippen LogP contribution is -2.27. The molecular weight excluding hydrogens is 394 g/mol. The summed E-state index contributed by atoms with van der Waals surface area (Å²) in [5.41, 5.74) is 2.50. The number of carbonyl (C=O) groups is 1. The number of likely N-dealkylation sites (N-methyl/N-ethyl adjacent to an activating group) is 1. The van der Waals surface area contributed by atoms with Crippen LogP contribution in [0.25, 0.3) is 0 Å². The molecule has 0 N–H and O–H groups in total. The van der Waals surface area contributed by atoms with Gasteiger partial charge >= 0.3 is 5.97 Å². The molecule has 9 nitrogen and oxygen atoms in total. The van der Waals surface area contributed by atoms with Gasteiger partial charge in [-0.3, -0.25) is 14.9 Å². The van der Waals surface area contributed by atoms with Gasteiger partial charge in [-0.1, -0.05) is 0 Å². The van der Waals surface area contributed by atoms with E-state index >= 15 is 0 Å². The number of hydrogen-bond acceptors (Lipinski definition) is 9. The minimum atomic E-state index is -0.413. The molecule has 0 spiro atoms. The molecule has 0 aromatic heterocycles. The second-order valence-corrected chi connectivity index (χ2v) is 7.25. The van der Waals surface area contributed by atoms with Gasteiger partial charge in [0.25, 0.3) is 5.70 Å². The summed E-state index contributed by atoms with van der Waals surface area (Å²) >= 11 is 1.26. The molecule has 0 saturated carbocycles. The number of anilines is 1. The summed E-state index contributed by atoms with van der Waals surface area (Å²) in [7, 11) is 0. The summed E-state index contributed by atoms with van der Waals surface area (Å²) in [6.45, 7) is 5.14. The first-order valence-electron chi connectivity index (χ1n) is 9.15. The predicted molar refractivity (Wildman–Crippen MR) is 112 cm³/mol. The Labute approximate surface area is 172 Å². The Bertz CT molecular complexity index is 894. The van der Waals surface area contributed by atoms with E-state index in [2.05, 4.69) is 19.5 Å². The number of hydrogen-bond donors (Lipinski definition) is 0. The number of nitro groups is 1. The summed E-state index contributed by atoms with van der Waals surface area (Å²) in [4.78, 5) is 23.6. The average Bonchev–Trinajstić information content (AvgIpc) is 3.12. The van der Waals surface area contributed by atoms with Crippen molar-refractivity contribution in [2.24, 2.45) is 20.5 Å². The molecule has 0 fully saturated rings. The highest BCUT2D eigenvalue weighted by atomic mass is 32.2. The summed E-state index contributed by atoms with van der Waals surface area (Å²) in [6, 6.07) is 7.58. The highest BCUT2D eigenvalue weighted by Gasteiger charge is 2.34. The van der Waals surface area contributed by atoms with Gasteiger partial charge in [-0.25, -0.2) is 4.40 Å². The molecule has 0 amide bonds. The SMILES string of the molecule is CCN(CCOC(C)=O)c1ccc(N=NC2SN=C3C=CC([N+](=O)[O-])=CC32)cc1. The van der Waals surface area contributed by atoms with Crippen molar-refractivity contribution in [2.45, 2.75) is 19.2 Å². The zero-order valence-corrected chi connectivity index (χ0v) is 16.9. The maximum atomic E-state index is 11.0. The summed E-state index contributed by atoms with van der Waals surface area (Å²) < 4.78 is 9.32. The van der Waals surface area contributed by atoms with E-state index in [-0.39, 0.29) is 23.0 Å². The van der Waals surface area contributed by atoms with Crippen molar-refractivity contribution in [1.82, 2.24) is 0 Å². The Kier molecular flexibility index (Phi) is 6.76. The van der Waals surface area contributed by atoms with Gasteiger partial charge in [0, 0.05) is 43.3 Å². The fourth-order valence-electron chi connectivity index (χ4n) is 2.94. The standard InChI is InChI=1S/C19H21N5O4S/c1-3-23(10-11-28-13(2)25)15-6-4-14(5-7-15)20-21-19-17-12-16(24(26)27)8-9-18(17)22-29-19/h4-9,12,17,19H,3,10-11H2,1-2H3. The Morgan fingerprint density at radius 3 is 2.76 bits per heavy atom. The number of azo groups is 1. The van der Waals surface area contributed by atoms with Crippen LogP contribution >= 0.6 is 11.9 Å². The normalized spacial score (nSPS) is 20.2. The predicted octanol–water partition coefficient (Wildman–Crippen LogP) is 3.94. The molecule has 29 heavy (non-hydrogen) atoms. The van der Waals surface area contributed by atoms with Gasteiger partial charge in [-0.2, -0.15) is 10.2 Å². The largest absolute Gasteiger partial charge is 0.464 e. The molecule has 1 aliphatic heterocycles. The fourth-order valence-corrected chi connectivity index (χ4v) is 3.80. The van der Waals surface area contributed by atoms with Gasteiger partial charge in [0.15, 0.2) is 0 Å². The van der Waals surface area contributed by atoms with Crippen molar-refractivity contribution in [3.8, 4) is 0 Å². The van der Waals surface area contributed by atoms with Crippen molar-refractivity contribution < 1.29 is 14.5 Å². The summed E-state index contributed by atoms with van der Waals surface area (Å²) in [6.07, 6.45) is 4.69. The van der Waals surface area contributed by atoms with Crippen molar-refractivity contribution in [3.05, 3.63) is 58.3 Å². The van der Waals surface area contributed by atoms with Crippen LogP contribution in [-0.4, -0.2) is 41.7 Å². The molecule has 10 heteroatoms. The fraction of sp³-hybridized carbons (Fsp3) is 0.368. The molecule has 0 bridgehead atoms. The van der Waals surface area contributed by atoms with Gasteiger partial charge in [0.05, 0.1) is 28.8 Å². The molecule has 1 aliphatic carbocycles. The van der Waals surface area contributed by atoms with Crippen molar-refractivity contribution in [3.63, 3.8) is 0 Å². The maximum absolute atomic E-state index is 11.0. The minimum absolute atomic E-state index is 0.0504. The molecule has 3 rings (SSSR count). The number of benzene rings is 1. The van der Waals surface area contributed by atoms with Gasteiger partial charge in [0.1, 0.15) is 12.0 Å². The van der Waals surface area contributed by atoms with Crippen molar-refractivity contribution in [1.29, 1.82) is 0 Å². The third kappa shape index (κ3) is 5.29. The highest BCUT2D eigenvalue weighted by molar-refractivity contribution is 7.99. The molecule has 2 atom stereocenters. The number of nitrogens with zero attached hydrogens (tertiary/aromatic N) is 5. The number of esters is 1. The van der Waals surface area contributed by atoms with Gasteiger partial charge in [-0.15, -0.1) is 0 Å². The van der Waals surface area contributed by atoms with Crippen molar-refractivity contribution in [2.75, 3.05) is 24.6 Å². The smallest absolute Gasteiger partial charge is 0.302 e. The zero-order chi connectivity index (χ0) is 20.8. The van der Waals surface area contributed by atoms with Crippen LogP contribution in [0, 0.1) is 16.0 Å². The van der Waals surface area contributed by atoms with E-state index in [1.165, 1.54) is 24.9 Å². The molecule has 152 valence electrons. The van der Waals surface area contributed by atoms with E-state index in [0.29, 0.717) is 18.8 Å². The van der Waals surface area contributed by atoms with Crippen LogP contribution in [0.4, 0.5) is 11.4 Å². The molecular formula is C19H21N5O4S. The van der Waals surface area contributed by atoms with Crippen LogP contribution in [0.2, 0.25) is 0 Å². The first-order valence-corrected chi connectivity index (χ1v) is 9.99. The monoisotopic (exact) mass is 415 g/mol. The first-order chi connectivity index (χ1) is 14.0. The molecule has 1 aromatic rings. The van der Waals surface area contributed by atoms with Crippen LogP contribution in [0.1, 0.15) is 13.8 Å². The van der Waals surface area contributed by atoms with Gasteiger partial charge in [0.2, 0.25) is 0 Å². The van der Waals surface area contributed by atoms with E-state index in [1.54, 1.807) is 12.2 Å². The zero-order valence-electron chi connectivity index (χ0n) is 16.1. The summed E-state index contributed by atoms with van der Waals surface area (Å²) in [5.74, 6) is -0.535. The first kappa shape index (κ1) is 20.7. The molecule has 1 heterocycles. The van der Waals surface area contributed by atoms with Crippen molar-refractivity contribution >= 4 is 35.0 Å². The average molecular weight is 415 g/mol. The van der Waals surface area contributed by atoms with Crippen LogP contribution in [0.5, 0.6) is 0 Å². The maximum Gasteiger partial charge on any atom is 0.302 e. The van der Waals surface area contributed by atoms with E-state index in [4.69, 9.17) is 4.74 Å². The highest BCUT2D eigenvalue weighted by Crippen LogP contribution is 2.36. The topological polar surface area (TPSA) is 110 Å². The van der Waals surface area contributed by atoms with Gasteiger partial charge in [-0.05, 0) is 37.3 Å². The lowest BCUT2D eigenvalue weighted by molar-refractivity contribution is -0.419. The molecule has 2 unspecified atom stereocenters. The number of carbonyl (C=O) groups excluding carboxylic acids is 1. The Balaban J connectivity index is 1.62. The molecule has 0 radical (unpaired) electrons. The molecule has 0 saturated heterocycles. The second-order valence-electron chi connectivity index (χ2n) is 6.37. The number of ether oxygens (including phenoxy) is 1. The Morgan fingerprint density at radius 2 is 2.10 bits per heavy atom. The van der Waals surface area contributed by atoms with Crippen LogP contribution in [0.15, 0.2) is 62.8 Å². The van der Waals surface area contributed by atoms with E-state index in [0.717, 1.165) is 17.9 Å². The van der Waals surface area contributed by atoms with Crippen LogP contribution in [0.3, 0.4) is 0 Å². The Morgan fingerprint density at radius 1 is 1.34 bits per heavy atom. The van der Waals surface area contributed by atoms with E-state index in [1.807, 2.05) is 31.2 Å². The van der Waals surface area contributed by atoms with E-state index < -0.39 is 4.92 Å². The Hall–Kier alpha value is -3.01. The number of allylic oxidation sites excluding steroid dienone is 2. The molecule has 1 aromatic carbocycles. The lowest BCUT2D eigenvalue weighted by Gasteiger charge is -2.22. The van der Waals surface area contributed by atoms with Crippen LogP contribution < -0.4 is 4.90 Å². The third-order valence-electron chi connectivity index (χ3n) is 4.45. The quantitative estimate of drug-likeness (QED) is 0.209. The summed E-state index contributed by atoms with van der Waals surface area (Å²) in [5, 5.41) is 19.3. The number of rotatable bonds is 8. The molecule has 2 aliphatic rings. The van der Waals surface area contributed by atoms with Crippen LogP contribution in [-0.2, 0) is 9.53 Å². The third-order valence-corrected chi connectivity index (χ3v) is 5.37. The minimum Gasteiger partial charge on any atom is -0.464 e. The lowest BCUT2D eigenvalue weighted by atomic mass is 9.97.